The summed E-state index contributed by atoms with van der Waals surface area (Å²) in [6.45, 7) is -0.441. The SMILES string of the molecule is FCCNc1cc(Cl)ccc1F. The minimum absolute atomic E-state index is 0.0945. The molecule has 1 aromatic carbocycles. The van der Waals surface area contributed by atoms with E-state index in [4.69, 9.17) is 11.6 Å². The number of benzene rings is 1. The van der Waals surface area contributed by atoms with E-state index < -0.39 is 12.5 Å². The maximum absolute atomic E-state index is 12.8. The molecule has 0 aliphatic rings. The smallest absolute Gasteiger partial charge is 0.146 e. The Morgan fingerprint density at radius 1 is 1.42 bits per heavy atom. The number of hydrogen-bond acceptors (Lipinski definition) is 1. The van der Waals surface area contributed by atoms with E-state index in [0.717, 1.165) is 0 Å². The van der Waals surface area contributed by atoms with Gasteiger partial charge in [-0.1, -0.05) is 11.6 Å². The Morgan fingerprint density at radius 3 is 2.83 bits per heavy atom. The third-order valence-electron chi connectivity index (χ3n) is 1.34. The minimum atomic E-state index is -0.536. The fraction of sp³-hybridized carbons (Fsp3) is 0.250. The highest BCUT2D eigenvalue weighted by atomic mass is 35.5. The van der Waals surface area contributed by atoms with Crippen LogP contribution in [-0.4, -0.2) is 13.2 Å². The summed E-state index contributed by atoms with van der Waals surface area (Å²) >= 11 is 5.60. The van der Waals surface area contributed by atoms with E-state index in [2.05, 4.69) is 5.32 Å². The first-order valence-electron chi connectivity index (χ1n) is 3.49. The Morgan fingerprint density at radius 2 is 2.17 bits per heavy atom. The first kappa shape index (κ1) is 9.26. The van der Waals surface area contributed by atoms with Crippen LogP contribution < -0.4 is 5.32 Å². The fourth-order valence-electron chi connectivity index (χ4n) is 0.815. The second-order valence-electron chi connectivity index (χ2n) is 2.24. The molecular formula is C8H8ClF2N. The summed E-state index contributed by atoms with van der Waals surface area (Å²) < 4.78 is 24.5. The van der Waals surface area contributed by atoms with E-state index in [1.165, 1.54) is 18.2 Å². The quantitative estimate of drug-likeness (QED) is 0.775. The molecule has 0 fully saturated rings. The molecule has 4 heteroatoms. The molecule has 66 valence electrons. The number of alkyl halides is 1. The molecule has 1 aromatic rings. The molecule has 0 spiro atoms. The van der Waals surface area contributed by atoms with Gasteiger partial charge in [0.1, 0.15) is 12.5 Å². The van der Waals surface area contributed by atoms with Crippen molar-refractivity contribution < 1.29 is 8.78 Å². The van der Waals surface area contributed by atoms with Gasteiger partial charge in [-0.05, 0) is 18.2 Å². The van der Waals surface area contributed by atoms with Crippen LogP contribution in [-0.2, 0) is 0 Å². The van der Waals surface area contributed by atoms with Gasteiger partial charge < -0.3 is 5.32 Å². The van der Waals surface area contributed by atoms with E-state index in [0.29, 0.717) is 5.02 Å². The lowest BCUT2D eigenvalue weighted by Crippen LogP contribution is -2.04. The van der Waals surface area contributed by atoms with Crippen LogP contribution in [0.1, 0.15) is 0 Å². The molecule has 0 bridgehead atoms. The van der Waals surface area contributed by atoms with E-state index in [1.807, 2.05) is 0 Å². The third-order valence-corrected chi connectivity index (χ3v) is 1.57. The summed E-state index contributed by atoms with van der Waals surface area (Å²) in [6.07, 6.45) is 0. The molecule has 0 aliphatic carbocycles. The Kier molecular flexibility index (Phi) is 3.29. The number of rotatable bonds is 3. The van der Waals surface area contributed by atoms with E-state index in [1.54, 1.807) is 0 Å². The zero-order valence-electron chi connectivity index (χ0n) is 6.28. The Labute approximate surface area is 74.3 Å². The lowest BCUT2D eigenvalue weighted by molar-refractivity contribution is 0.511. The summed E-state index contributed by atoms with van der Waals surface area (Å²) in [5.74, 6) is -0.423. The Bertz CT molecular complexity index is 265. The van der Waals surface area contributed by atoms with Gasteiger partial charge in [-0.15, -0.1) is 0 Å². The first-order valence-corrected chi connectivity index (χ1v) is 3.86. The van der Waals surface area contributed by atoms with Crippen molar-refractivity contribution in [3.05, 3.63) is 29.0 Å². The molecular weight excluding hydrogens is 184 g/mol. The molecule has 0 saturated heterocycles. The molecule has 1 N–H and O–H groups in total. The van der Waals surface area contributed by atoms with Gasteiger partial charge in [0.05, 0.1) is 5.69 Å². The molecule has 12 heavy (non-hydrogen) atoms. The van der Waals surface area contributed by atoms with Gasteiger partial charge in [0, 0.05) is 11.6 Å². The third kappa shape index (κ3) is 2.34. The number of nitrogens with one attached hydrogen (secondary N) is 1. The lowest BCUT2D eigenvalue weighted by atomic mass is 10.3. The topological polar surface area (TPSA) is 12.0 Å². The molecule has 0 atom stereocenters. The van der Waals surface area contributed by atoms with Crippen molar-refractivity contribution in [2.45, 2.75) is 0 Å². The van der Waals surface area contributed by atoms with Crippen LogP contribution in [0.2, 0.25) is 5.02 Å². The first-order chi connectivity index (χ1) is 5.74. The van der Waals surface area contributed by atoms with Gasteiger partial charge in [0.15, 0.2) is 0 Å². The molecule has 0 amide bonds. The van der Waals surface area contributed by atoms with Gasteiger partial charge in [0.2, 0.25) is 0 Å². The van der Waals surface area contributed by atoms with Crippen molar-refractivity contribution in [3.63, 3.8) is 0 Å². The number of anilines is 1. The number of halogens is 3. The van der Waals surface area contributed by atoms with Crippen molar-refractivity contribution >= 4 is 17.3 Å². The second kappa shape index (κ2) is 4.26. The summed E-state index contributed by atoms with van der Waals surface area (Å²) in [4.78, 5) is 0. The van der Waals surface area contributed by atoms with Crippen LogP contribution in [0.3, 0.4) is 0 Å². The Hall–Kier alpha value is -0.830. The minimum Gasteiger partial charge on any atom is -0.380 e. The largest absolute Gasteiger partial charge is 0.380 e. The monoisotopic (exact) mass is 191 g/mol. The fourth-order valence-corrected chi connectivity index (χ4v) is 0.987. The molecule has 0 unspecified atom stereocenters. The van der Waals surface area contributed by atoms with E-state index in [-0.39, 0.29) is 12.2 Å². The Balaban J connectivity index is 2.75. The van der Waals surface area contributed by atoms with Crippen molar-refractivity contribution in [1.29, 1.82) is 0 Å². The summed E-state index contributed by atoms with van der Waals surface area (Å²) in [5, 5.41) is 3.00. The van der Waals surface area contributed by atoms with Crippen LogP contribution in [0.4, 0.5) is 14.5 Å². The van der Waals surface area contributed by atoms with Gasteiger partial charge in [-0.3, -0.25) is 0 Å². The standard InChI is InChI=1S/C8H8ClF2N/c9-6-1-2-7(11)8(5-6)12-4-3-10/h1-2,5,12H,3-4H2. The highest BCUT2D eigenvalue weighted by molar-refractivity contribution is 6.30. The van der Waals surface area contributed by atoms with Crippen molar-refractivity contribution in [2.75, 3.05) is 18.5 Å². The predicted octanol–water partition coefficient (Wildman–Crippen LogP) is 2.86. The van der Waals surface area contributed by atoms with Gasteiger partial charge >= 0.3 is 0 Å². The zero-order valence-corrected chi connectivity index (χ0v) is 7.04. The highest BCUT2D eigenvalue weighted by Crippen LogP contribution is 2.18. The van der Waals surface area contributed by atoms with Crippen molar-refractivity contribution in [3.8, 4) is 0 Å². The van der Waals surface area contributed by atoms with Gasteiger partial charge in [0.25, 0.3) is 0 Å². The van der Waals surface area contributed by atoms with E-state index in [9.17, 15) is 8.78 Å². The average molecular weight is 192 g/mol. The molecule has 1 rings (SSSR count). The van der Waals surface area contributed by atoms with Crippen molar-refractivity contribution in [1.82, 2.24) is 0 Å². The second-order valence-corrected chi connectivity index (χ2v) is 2.68. The summed E-state index contributed by atoms with van der Waals surface area (Å²) in [7, 11) is 0. The maximum Gasteiger partial charge on any atom is 0.146 e. The van der Waals surface area contributed by atoms with Crippen LogP contribution in [0.15, 0.2) is 18.2 Å². The maximum atomic E-state index is 12.8. The summed E-state index contributed by atoms with van der Waals surface area (Å²) in [5.41, 5.74) is 0.236. The molecule has 1 nitrogen and oxygen atoms in total. The van der Waals surface area contributed by atoms with Crippen LogP contribution >= 0.6 is 11.6 Å². The molecule has 0 radical (unpaired) electrons. The van der Waals surface area contributed by atoms with Crippen LogP contribution in [0.5, 0.6) is 0 Å². The van der Waals surface area contributed by atoms with Crippen LogP contribution in [0, 0.1) is 5.82 Å². The van der Waals surface area contributed by atoms with Crippen molar-refractivity contribution in [2.24, 2.45) is 0 Å². The predicted molar refractivity (Wildman–Crippen MR) is 45.9 cm³/mol. The van der Waals surface area contributed by atoms with E-state index >= 15 is 0 Å². The lowest BCUT2D eigenvalue weighted by Gasteiger charge is -2.04. The normalized spacial score (nSPS) is 9.92. The number of hydrogen-bond donors (Lipinski definition) is 1. The molecule has 0 aliphatic heterocycles. The van der Waals surface area contributed by atoms with Gasteiger partial charge in [-0.25, -0.2) is 8.78 Å². The molecule has 0 aromatic heterocycles. The zero-order chi connectivity index (χ0) is 8.97. The van der Waals surface area contributed by atoms with Gasteiger partial charge in [-0.2, -0.15) is 0 Å². The molecule has 0 saturated carbocycles. The summed E-state index contributed by atoms with van der Waals surface area (Å²) in [6, 6.07) is 4.10. The van der Waals surface area contributed by atoms with Crippen LogP contribution in [0.25, 0.3) is 0 Å². The average Bonchev–Trinajstić information content (AvgIpc) is 2.07. The highest BCUT2D eigenvalue weighted by Gasteiger charge is 2.00. The molecule has 0 heterocycles.